The van der Waals surface area contributed by atoms with Gasteiger partial charge in [0.2, 0.25) is 0 Å². The van der Waals surface area contributed by atoms with Gasteiger partial charge in [-0.2, -0.15) is 0 Å². The molecule has 0 spiro atoms. The monoisotopic (exact) mass is 227 g/mol. The Kier molecular flexibility index (Phi) is 2.08. The Hall–Kier alpha value is -0.940. The molecule has 0 unspecified atom stereocenters. The van der Waals surface area contributed by atoms with E-state index in [1.54, 1.807) is 12.3 Å². The lowest BCUT2D eigenvalue weighted by atomic mass is 10.3. The van der Waals surface area contributed by atoms with E-state index >= 15 is 0 Å². The molecule has 2 rings (SSSR count). The molecule has 0 atom stereocenters. The molecule has 74 valence electrons. The summed E-state index contributed by atoms with van der Waals surface area (Å²) in [7, 11) is -3.09. The zero-order chi connectivity index (χ0) is 10.3. The fourth-order valence-electron chi connectivity index (χ4n) is 1.26. The van der Waals surface area contributed by atoms with Crippen molar-refractivity contribution in [3.05, 3.63) is 24.0 Å². The summed E-state index contributed by atoms with van der Waals surface area (Å²) in [5.74, 6) is 0. The molecular weight excluding hydrogens is 218 g/mol. The van der Waals surface area contributed by atoms with Crippen LogP contribution in [0.5, 0.6) is 0 Å². The third kappa shape index (κ3) is 1.53. The molecule has 0 aliphatic heterocycles. The molecule has 0 aromatic carbocycles. The highest BCUT2D eigenvalue weighted by Gasteiger charge is 2.12. The van der Waals surface area contributed by atoms with Crippen molar-refractivity contribution in [3.63, 3.8) is 0 Å². The van der Waals surface area contributed by atoms with Crippen LogP contribution in [0, 0.1) is 6.92 Å². The molecule has 2 aromatic heterocycles. The van der Waals surface area contributed by atoms with Crippen LogP contribution >= 0.6 is 11.3 Å². The van der Waals surface area contributed by atoms with Gasteiger partial charge in [0.05, 0.1) is 10.4 Å². The Bertz CT molecular complexity index is 584. The first kappa shape index (κ1) is 9.61. The predicted octanol–water partition coefficient (Wildman–Crippen LogP) is 2.01. The number of hydrogen-bond acceptors (Lipinski definition) is 4. The Morgan fingerprint density at radius 1 is 1.43 bits per heavy atom. The molecule has 0 saturated heterocycles. The summed E-state index contributed by atoms with van der Waals surface area (Å²) in [4.78, 5) is 4.12. The molecular formula is C9H9NO2S2. The third-order valence-corrected chi connectivity index (χ3v) is 5.02. The Morgan fingerprint density at radius 3 is 2.71 bits per heavy atom. The highest BCUT2D eigenvalue weighted by atomic mass is 32.2. The van der Waals surface area contributed by atoms with E-state index in [9.17, 15) is 8.42 Å². The second kappa shape index (κ2) is 3.03. The van der Waals surface area contributed by atoms with Gasteiger partial charge in [0.1, 0.15) is 4.21 Å². The minimum atomic E-state index is -3.09. The van der Waals surface area contributed by atoms with E-state index in [0.717, 1.165) is 15.8 Å². The molecule has 0 amide bonds. The maximum absolute atomic E-state index is 11.3. The molecule has 0 aliphatic rings. The van der Waals surface area contributed by atoms with Crippen molar-refractivity contribution in [2.24, 2.45) is 0 Å². The average molecular weight is 227 g/mol. The molecule has 0 aliphatic carbocycles. The lowest BCUT2D eigenvalue weighted by Gasteiger charge is -1.90. The van der Waals surface area contributed by atoms with E-state index in [2.05, 4.69) is 4.98 Å². The molecule has 5 heteroatoms. The number of pyridine rings is 1. The van der Waals surface area contributed by atoms with Gasteiger partial charge in [-0.05, 0) is 24.4 Å². The quantitative estimate of drug-likeness (QED) is 0.748. The van der Waals surface area contributed by atoms with Gasteiger partial charge in [-0.25, -0.2) is 8.42 Å². The zero-order valence-electron chi connectivity index (χ0n) is 7.81. The molecule has 0 radical (unpaired) electrons. The number of aryl methyl sites for hydroxylation is 1. The van der Waals surface area contributed by atoms with Crippen molar-refractivity contribution in [2.75, 3.05) is 6.26 Å². The van der Waals surface area contributed by atoms with Crippen molar-refractivity contribution < 1.29 is 8.42 Å². The highest BCUT2D eigenvalue weighted by Crippen LogP contribution is 2.29. The van der Waals surface area contributed by atoms with E-state index in [4.69, 9.17) is 0 Å². The fraction of sp³-hybridized carbons (Fsp3) is 0.222. The normalized spacial score (nSPS) is 12.1. The van der Waals surface area contributed by atoms with E-state index < -0.39 is 9.84 Å². The molecule has 3 nitrogen and oxygen atoms in total. The van der Waals surface area contributed by atoms with Crippen LogP contribution < -0.4 is 0 Å². The Labute approximate surface area is 86.3 Å². The Balaban J connectivity index is 2.81. The number of fused-ring (bicyclic) bond motifs is 1. The summed E-state index contributed by atoms with van der Waals surface area (Å²) in [6.45, 7) is 1.88. The average Bonchev–Trinajstić information content (AvgIpc) is 2.48. The van der Waals surface area contributed by atoms with Crippen molar-refractivity contribution in [3.8, 4) is 0 Å². The van der Waals surface area contributed by atoms with E-state index in [0.29, 0.717) is 4.21 Å². The van der Waals surface area contributed by atoms with Crippen molar-refractivity contribution in [1.29, 1.82) is 0 Å². The predicted molar refractivity (Wildman–Crippen MR) is 57.5 cm³/mol. The van der Waals surface area contributed by atoms with Crippen molar-refractivity contribution in [2.45, 2.75) is 11.1 Å². The second-order valence-electron chi connectivity index (χ2n) is 3.15. The van der Waals surface area contributed by atoms with Gasteiger partial charge in [-0.15, -0.1) is 11.3 Å². The maximum atomic E-state index is 11.3. The molecule has 0 N–H and O–H groups in total. The van der Waals surface area contributed by atoms with Crippen LogP contribution in [-0.2, 0) is 9.84 Å². The number of thiophene rings is 1. The molecule has 0 saturated carbocycles. The van der Waals surface area contributed by atoms with Gasteiger partial charge >= 0.3 is 0 Å². The minimum absolute atomic E-state index is 0.406. The third-order valence-electron chi connectivity index (χ3n) is 1.95. The maximum Gasteiger partial charge on any atom is 0.184 e. The van der Waals surface area contributed by atoms with Crippen LogP contribution in [0.1, 0.15) is 5.69 Å². The van der Waals surface area contributed by atoms with E-state index in [1.807, 2.05) is 13.0 Å². The smallest absolute Gasteiger partial charge is 0.184 e. The van der Waals surface area contributed by atoms with Crippen LogP contribution in [0.15, 0.2) is 22.5 Å². The van der Waals surface area contributed by atoms with E-state index in [1.165, 1.54) is 17.6 Å². The van der Waals surface area contributed by atoms with Gasteiger partial charge in [0.25, 0.3) is 0 Å². The number of nitrogens with zero attached hydrogens (tertiary/aromatic N) is 1. The Morgan fingerprint density at radius 2 is 2.14 bits per heavy atom. The van der Waals surface area contributed by atoms with Gasteiger partial charge in [0, 0.05) is 12.5 Å². The van der Waals surface area contributed by atoms with E-state index in [-0.39, 0.29) is 0 Å². The highest BCUT2D eigenvalue weighted by molar-refractivity contribution is 7.92. The molecule has 2 aromatic rings. The minimum Gasteiger partial charge on any atom is -0.260 e. The van der Waals surface area contributed by atoms with Crippen molar-refractivity contribution >= 4 is 31.3 Å². The summed E-state index contributed by atoms with van der Waals surface area (Å²) < 4.78 is 24.0. The molecule has 0 fully saturated rings. The van der Waals surface area contributed by atoms with Crippen molar-refractivity contribution in [1.82, 2.24) is 4.98 Å². The molecule has 0 bridgehead atoms. The van der Waals surface area contributed by atoms with Crippen LogP contribution in [0.4, 0.5) is 0 Å². The lowest BCUT2D eigenvalue weighted by Crippen LogP contribution is -1.91. The number of rotatable bonds is 1. The first-order valence-electron chi connectivity index (χ1n) is 4.04. The van der Waals surface area contributed by atoms with Gasteiger partial charge in [0.15, 0.2) is 9.84 Å². The van der Waals surface area contributed by atoms with Crippen LogP contribution in [0.3, 0.4) is 0 Å². The molecule has 2 heterocycles. The summed E-state index contributed by atoms with van der Waals surface area (Å²) in [5.41, 5.74) is 0.877. The first-order valence-corrected chi connectivity index (χ1v) is 6.74. The van der Waals surface area contributed by atoms with Gasteiger partial charge < -0.3 is 0 Å². The number of hydrogen-bond donors (Lipinski definition) is 0. The largest absolute Gasteiger partial charge is 0.260 e. The lowest BCUT2D eigenvalue weighted by molar-refractivity contribution is 0.604. The summed E-state index contributed by atoms with van der Waals surface area (Å²) in [5, 5.41) is 0.947. The fourth-order valence-corrected chi connectivity index (χ4v) is 3.29. The summed E-state index contributed by atoms with van der Waals surface area (Å²) >= 11 is 1.28. The van der Waals surface area contributed by atoms with Gasteiger partial charge in [-0.1, -0.05) is 0 Å². The summed E-state index contributed by atoms with van der Waals surface area (Å²) in [6.07, 6.45) is 2.91. The number of aromatic nitrogens is 1. The summed E-state index contributed by atoms with van der Waals surface area (Å²) in [6, 6.07) is 3.53. The van der Waals surface area contributed by atoms with Gasteiger partial charge in [-0.3, -0.25) is 4.98 Å². The van der Waals surface area contributed by atoms with Crippen LogP contribution in [-0.4, -0.2) is 19.7 Å². The first-order chi connectivity index (χ1) is 6.48. The number of sulfone groups is 1. The zero-order valence-corrected chi connectivity index (χ0v) is 9.45. The SMILES string of the molecule is Cc1nccc2cc(S(C)(=O)=O)sc12. The van der Waals surface area contributed by atoms with Crippen LogP contribution in [0.25, 0.3) is 10.1 Å². The second-order valence-corrected chi connectivity index (χ2v) is 6.45. The van der Waals surface area contributed by atoms with Crippen LogP contribution in [0.2, 0.25) is 0 Å². The topological polar surface area (TPSA) is 47.0 Å². The molecule has 14 heavy (non-hydrogen) atoms. The standard InChI is InChI=1S/C9H9NO2S2/c1-6-9-7(3-4-10-6)5-8(13-9)14(2,11)12/h3-5H,1-2H3.